The lowest BCUT2D eigenvalue weighted by molar-refractivity contribution is -0.142. The molecule has 4 rings (SSSR count). The first-order valence-corrected chi connectivity index (χ1v) is 9.82. The van der Waals surface area contributed by atoms with E-state index < -0.39 is 5.97 Å². The molecule has 1 aromatic carbocycles. The van der Waals surface area contributed by atoms with Crippen molar-refractivity contribution in [2.45, 2.75) is 45.1 Å². The van der Waals surface area contributed by atoms with Crippen LogP contribution in [0.5, 0.6) is 0 Å². The smallest absolute Gasteiger partial charge is 0.359 e. The number of rotatable bonds is 3. The lowest BCUT2D eigenvalue weighted by Crippen LogP contribution is -2.53. The van der Waals surface area contributed by atoms with Gasteiger partial charge in [-0.05, 0) is 43.2 Å². The van der Waals surface area contributed by atoms with Crippen molar-refractivity contribution in [2.75, 3.05) is 13.2 Å². The van der Waals surface area contributed by atoms with Gasteiger partial charge in [0.25, 0.3) is 5.91 Å². The number of amides is 1. The summed E-state index contributed by atoms with van der Waals surface area (Å²) in [6.45, 7) is 2.82. The summed E-state index contributed by atoms with van der Waals surface area (Å²) in [5, 5.41) is 0. The molecule has 142 valence electrons. The van der Waals surface area contributed by atoms with Crippen molar-refractivity contribution in [1.82, 2.24) is 14.9 Å². The van der Waals surface area contributed by atoms with Gasteiger partial charge in [0, 0.05) is 12.6 Å². The number of piperidine rings is 1. The predicted molar refractivity (Wildman–Crippen MR) is 101 cm³/mol. The SMILES string of the molecule is C[C@@H]1CCN(C(=O)COC(=O)c2cnc3ccccc3n2)[C@H]2CCCC[C@H]12. The van der Waals surface area contributed by atoms with Gasteiger partial charge < -0.3 is 9.64 Å². The summed E-state index contributed by atoms with van der Waals surface area (Å²) >= 11 is 0. The fraction of sp³-hybridized carbons (Fsp3) is 0.524. The van der Waals surface area contributed by atoms with Crippen molar-refractivity contribution >= 4 is 22.9 Å². The van der Waals surface area contributed by atoms with E-state index in [2.05, 4.69) is 16.9 Å². The number of hydrogen-bond donors (Lipinski definition) is 0. The first kappa shape index (κ1) is 17.9. The minimum Gasteiger partial charge on any atom is -0.451 e. The number of nitrogens with zero attached hydrogens (tertiary/aromatic N) is 3. The maximum absolute atomic E-state index is 12.7. The Morgan fingerprint density at radius 3 is 2.78 bits per heavy atom. The predicted octanol–water partition coefficient (Wildman–Crippen LogP) is 3.21. The van der Waals surface area contributed by atoms with Gasteiger partial charge in [-0.1, -0.05) is 31.9 Å². The van der Waals surface area contributed by atoms with Crippen LogP contribution in [-0.4, -0.2) is 45.9 Å². The highest BCUT2D eigenvalue weighted by Gasteiger charge is 2.39. The summed E-state index contributed by atoms with van der Waals surface area (Å²) in [6.07, 6.45) is 7.10. The number of fused-ring (bicyclic) bond motifs is 2. The van der Waals surface area contributed by atoms with Crippen LogP contribution in [0.15, 0.2) is 30.5 Å². The summed E-state index contributed by atoms with van der Waals surface area (Å²) < 4.78 is 5.27. The van der Waals surface area contributed by atoms with Gasteiger partial charge in [0.15, 0.2) is 12.3 Å². The number of para-hydroxylation sites is 2. The molecule has 1 aromatic heterocycles. The molecule has 1 saturated heterocycles. The molecule has 0 unspecified atom stereocenters. The van der Waals surface area contributed by atoms with Gasteiger partial charge in [0.05, 0.1) is 17.2 Å². The average Bonchev–Trinajstić information content (AvgIpc) is 2.72. The number of ether oxygens (including phenoxy) is 1. The number of likely N-dealkylation sites (tertiary alicyclic amines) is 1. The normalized spacial score (nSPS) is 25.1. The lowest BCUT2D eigenvalue weighted by Gasteiger charge is -2.47. The van der Waals surface area contributed by atoms with Crippen molar-refractivity contribution in [2.24, 2.45) is 11.8 Å². The fourth-order valence-electron chi connectivity index (χ4n) is 4.56. The molecule has 0 spiro atoms. The van der Waals surface area contributed by atoms with Crippen LogP contribution in [0, 0.1) is 11.8 Å². The third kappa shape index (κ3) is 3.66. The van der Waals surface area contributed by atoms with E-state index in [0.717, 1.165) is 24.9 Å². The Morgan fingerprint density at radius 2 is 1.93 bits per heavy atom. The van der Waals surface area contributed by atoms with E-state index in [9.17, 15) is 9.59 Å². The summed E-state index contributed by atoms with van der Waals surface area (Å²) in [7, 11) is 0. The van der Waals surface area contributed by atoms with Crippen molar-refractivity contribution < 1.29 is 14.3 Å². The molecule has 0 N–H and O–H groups in total. The van der Waals surface area contributed by atoms with E-state index >= 15 is 0 Å². The van der Waals surface area contributed by atoms with E-state index in [1.54, 1.807) is 6.07 Å². The molecule has 2 aromatic rings. The topological polar surface area (TPSA) is 72.4 Å². The van der Waals surface area contributed by atoms with E-state index in [1.165, 1.54) is 25.5 Å². The summed E-state index contributed by atoms with van der Waals surface area (Å²) in [5.41, 5.74) is 1.48. The number of carbonyl (C=O) groups is 2. The first-order chi connectivity index (χ1) is 13.1. The number of carbonyl (C=O) groups excluding carboxylic acids is 2. The molecule has 2 heterocycles. The molecule has 3 atom stereocenters. The molecule has 0 radical (unpaired) electrons. The highest BCUT2D eigenvalue weighted by atomic mass is 16.5. The molecule has 1 aliphatic carbocycles. The number of hydrogen-bond acceptors (Lipinski definition) is 5. The third-order valence-electron chi connectivity index (χ3n) is 6.04. The standard InChI is InChI=1S/C21H25N3O3/c1-14-10-11-24(19-9-5-2-6-15(14)19)20(25)13-27-21(26)18-12-22-16-7-3-4-8-17(16)23-18/h3-4,7-8,12,14-15,19H,2,5-6,9-11,13H2,1H3/t14-,15-,19+/m1/s1. The molecule has 0 bridgehead atoms. The largest absolute Gasteiger partial charge is 0.451 e. The Hall–Kier alpha value is -2.50. The van der Waals surface area contributed by atoms with Crippen molar-refractivity contribution in [3.8, 4) is 0 Å². The molecule has 27 heavy (non-hydrogen) atoms. The van der Waals surface area contributed by atoms with Gasteiger partial charge in [-0.2, -0.15) is 0 Å². The number of aromatic nitrogens is 2. The van der Waals surface area contributed by atoms with Gasteiger partial charge in [-0.25, -0.2) is 9.78 Å². The average molecular weight is 367 g/mol. The highest BCUT2D eigenvalue weighted by molar-refractivity contribution is 5.91. The van der Waals surface area contributed by atoms with Crippen molar-refractivity contribution in [1.29, 1.82) is 0 Å². The number of benzene rings is 1. The van der Waals surface area contributed by atoms with Gasteiger partial charge in [-0.15, -0.1) is 0 Å². The molecule has 6 heteroatoms. The van der Waals surface area contributed by atoms with Crippen molar-refractivity contribution in [3.63, 3.8) is 0 Å². The van der Waals surface area contributed by atoms with Crippen molar-refractivity contribution in [3.05, 3.63) is 36.2 Å². The van der Waals surface area contributed by atoms with Crippen LogP contribution in [0.4, 0.5) is 0 Å². The van der Waals surface area contributed by atoms with Crippen LogP contribution in [0.2, 0.25) is 0 Å². The van der Waals surface area contributed by atoms with E-state index in [1.807, 2.05) is 23.1 Å². The molecule has 1 aliphatic heterocycles. The molecule has 1 saturated carbocycles. The van der Waals surface area contributed by atoms with Gasteiger partial charge in [-0.3, -0.25) is 9.78 Å². The third-order valence-corrected chi connectivity index (χ3v) is 6.04. The lowest BCUT2D eigenvalue weighted by atomic mass is 9.72. The zero-order chi connectivity index (χ0) is 18.8. The second-order valence-corrected chi connectivity index (χ2v) is 7.69. The van der Waals surface area contributed by atoms with E-state index in [4.69, 9.17) is 4.74 Å². The molecule has 2 aliphatic rings. The summed E-state index contributed by atoms with van der Waals surface area (Å²) in [4.78, 5) is 35.5. The van der Waals surface area contributed by atoms with Crippen LogP contribution in [0.25, 0.3) is 11.0 Å². The Morgan fingerprint density at radius 1 is 1.15 bits per heavy atom. The fourth-order valence-corrected chi connectivity index (χ4v) is 4.56. The van der Waals surface area contributed by atoms with Gasteiger partial charge >= 0.3 is 5.97 Å². The summed E-state index contributed by atoms with van der Waals surface area (Å²) in [6, 6.07) is 7.63. The van der Waals surface area contributed by atoms with Crippen LogP contribution in [-0.2, 0) is 9.53 Å². The van der Waals surface area contributed by atoms with Crippen LogP contribution >= 0.6 is 0 Å². The Labute approximate surface area is 158 Å². The van der Waals surface area contributed by atoms with E-state index in [-0.39, 0.29) is 18.2 Å². The van der Waals surface area contributed by atoms with Gasteiger partial charge in [0.1, 0.15) is 0 Å². The Balaban J connectivity index is 1.40. The Kier molecular flexibility index (Phi) is 5.05. The van der Waals surface area contributed by atoms with Crippen LogP contribution in [0.1, 0.15) is 49.5 Å². The Bertz CT molecular complexity index is 853. The molecular formula is C21H25N3O3. The minimum absolute atomic E-state index is 0.0964. The molecule has 6 nitrogen and oxygen atoms in total. The molecule has 1 amide bonds. The van der Waals surface area contributed by atoms with Gasteiger partial charge in [0.2, 0.25) is 0 Å². The minimum atomic E-state index is -0.604. The maximum atomic E-state index is 12.7. The highest BCUT2D eigenvalue weighted by Crippen LogP contribution is 2.38. The maximum Gasteiger partial charge on any atom is 0.359 e. The molecular weight excluding hydrogens is 342 g/mol. The number of esters is 1. The second-order valence-electron chi connectivity index (χ2n) is 7.69. The zero-order valence-electron chi connectivity index (χ0n) is 15.6. The van der Waals surface area contributed by atoms with Crippen LogP contribution in [0.3, 0.4) is 0 Å². The second kappa shape index (κ2) is 7.62. The van der Waals surface area contributed by atoms with E-state index in [0.29, 0.717) is 23.4 Å². The zero-order valence-corrected chi connectivity index (χ0v) is 15.6. The summed E-state index contributed by atoms with van der Waals surface area (Å²) in [5.74, 6) is 0.543. The van der Waals surface area contributed by atoms with Crippen LogP contribution < -0.4 is 0 Å². The monoisotopic (exact) mass is 367 g/mol. The molecule has 2 fully saturated rings. The quantitative estimate of drug-likeness (QED) is 0.779. The first-order valence-electron chi connectivity index (χ1n) is 9.82.